The first-order chi connectivity index (χ1) is 12.2. The van der Waals surface area contributed by atoms with Gasteiger partial charge in [-0.3, -0.25) is 4.79 Å². The van der Waals surface area contributed by atoms with Gasteiger partial charge in [0.1, 0.15) is 29.5 Å². The molecule has 3 saturated carbocycles. The predicted molar refractivity (Wildman–Crippen MR) is 89.2 cm³/mol. The molecule has 1 aromatic rings. The van der Waals surface area contributed by atoms with E-state index in [1.165, 1.54) is 12.1 Å². The molecule has 6 N–H and O–H groups in total. The highest BCUT2D eigenvalue weighted by Gasteiger charge is 2.99. The average molecular weight is 364 g/mol. The SMILES string of the molecule is O=C(c1ccccc1)[C@]1(O)[C@H](O)[C@@H](O)[C@H](O)[C@]2(O)C3(CCCCC3)[C@]12O. The standard InChI is InChI=1S/C19H24O7/c20-12-14(22)17(24,13(21)11-7-3-1-4-8-11)19(26)16(9-5-2-6-10-16)18(19,25)15(12)23/h1,3-4,7-8,12,14-15,20,22-26H,2,5-6,9-10H2/t12-,14-,15+,17+,18+,19+/m1/s1. The maximum atomic E-state index is 13.1. The second-order valence-corrected chi connectivity index (χ2v) is 7.96. The van der Waals surface area contributed by atoms with Gasteiger partial charge in [0.05, 0.1) is 0 Å². The van der Waals surface area contributed by atoms with Crippen LogP contribution in [0.2, 0.25) is 0 Å². The highest BCUT2D eigenvalue weighted by Crippen LogP contribution is 2.78. The van der Waals surface area contributed by atoms with Crippen molar-refractivity contribution in [1.29, 1.82) is 0 Å². The lowest BCUT2D eigenvalue weighted by Crippen LogP contribution is -2.73. The molecule has 26 heavy (non-hydrogen) atoms. The number of fused-ring (bicyclic) bond motifs is 3. The van der Waals surface area contributed by atoms with Crippen LogP contribution in [0.3, 0.4) is 0 Å². The molecular weight excluding hydrogens is 340 g/mol. The van der Waals surface area contributed by atoms with Crippen molar-refractivity contribution in [3.05, 3.63) is 35.9 Å². The number of rotatable bonds is 2. The number of carbonyl (C=O) groups excluding carboxylic acids is 1. The summed E-state index contributed by atoms with van der Waals surface area (Å²) in [6.07, 6.45) is -3.29. The van der Waals surface area contributed by atoms with Crippen molar-refractivity contribution >= 4 is 5.78 Å². The van der Waals surface area contributed by atoms with Crippen LogP contribution in [0.1, 0.15) is 42.5 Å². The summed E-state index contributed by atoms with van der Waals surface area (Å²) in [6.45, 7) is 0. The summed E-state index contributed by atoms with van der Waals surface area (Å²) in [5.74, 6) is -0.986. The van der Waals surface area contributed by atoms with Gasteiger partial charge in [0, 0.05) is 11.0 Å². The van der Waals surface area contributed by atoms with Crippen molar-refractivity contribution in [3.63, 3.8) is 0 Å². The topological polar surface area (TPSA) is 138 Å². The Balaban J connectivity index is 1.90. The van der Waals surface area contributed by atoms with Gasteiger partial charge >= 0.3 is 0 Å². The summed E-state index contributed by atoms with van der Waals surface area (Å²) in [7, 11) is 0. The Hall–Kier alpha value is -1.35. The van der Waals surface area contributed by atoms with Crippen molar-refractivity contribution in [1.82, 2.24) is 0 Å². The van der Waals surface area contributed by atoms with Gasteiger partial charge in [-0.05, 0) is 12.8 Å². The first kappa shape index (κ1) is 18.0. The number of benzene rings is 1. The summed E-state index contributed by atoms with van der Waals surface area (Å²) >= 11 is 0. The van der Waals surface area contributed by atoms with Crippen molar-refractivity contribution in [3.8, 4) is 0 Å². The summed E-state index contributed by atoms with van der Waals surface area (Å²) in [6, 6.07) is 7.64. The predicted octanol–water partition coefficient (Wildman–Crippen LogP) is -0.877. The minimum atomic E-state index is -2.83. The Kier molecular flexibility index (Phi) is 3.71. The molecule has 3 aliphatic rings. The van der Waals surface area contributed by atoms with Crippen LogP contribution in [0.4, 0.5) is 0 Å². The van der Waals surface area contributed by atoms with E-state index < -0.39 is 46.3 Å². The summed E-state index contributed by atoms with van der Waals surface area (Å²) in [5, 5.41) is 65.2. The Bertz CT molecular complexity index is 725. The molecule has 0 amide bonds. The zero-order valence-corrected chi connectivity index (χ0v) is 14.2. The quantitative estimate of drug-likeness (QED) is 0.375. The number of hydrogen-bond acceptors (Lipinski definition) is 7. The van der Waals surface area contributed by atoms with Gasteiger partial charge in [0.15, 0.2) is 11.4 Å². The number of ketones is 1. The summed E-state index contributed by atoms with van der Waals surface area (Å²) < 4.78 is 0. The fourth-order valence-corrected chi connectivity index (χ4v) is 5.72. The zero-order chi connectivity index (χ0) is 19.0. The molecule has 3 fully saturated rings. The number of carbonyl (C=O) groups is 1. The zero-order valence-electron chi connectivity index (χ0n) is 14.2. The van der Waals surface area contributed by atoms with E-state index in [-0.39, 0.29) is 18.4 Å². The van der Waals surface area contributed by atoms with Crippen LogP contribution in [-0.2, 0) is 0 Å². The van der Waals surface area contributed by atoms with E-state index in [0.717, 1.165) is 6.42 Å². The third-order valence-electron chi connectivity index (χ3n) is 7.06. The Morgan fingerprint density at radius 1 is 0.885 bits per heavy atom. The molecule has 0 heterocycles. The minimum absolute atomic E-state index is 0.0336. The molecular formula is C19H24O7. The highest BCUT2D eigenvalue weighted by atomic mass is 16.5. The number of Topliss-reactive ketones (excluding diaryl/α,β-unsaturated/α-hetero) is 1. The van der Waals surface area contributed by atoms with Gasteiger partial charge < -0.3 is 30.6 Å². The maximum absolute atomic E-state index is 13.1. The molecule has 7 nitrogen and oxygen atoms in total. The van der Waals surface area contributed by atoms with Crippen LogP contribution >= 0.6 is 0 Å². The van der Waals surface area contributed by atoms with Gasteiger partial charge in [-0.15, -0.1) is 0 Å². The van der Waals surface area contributed by atoms with Gasteiger partial charge in [-0.2, -0.15) is 0 Å². The van der Waals surface area contributed by atoms with Gasteiger partial charge in [-0.1, -0.05) is 49.6 Å². The third-order valence-corrected chi connectivity index (χ3v) is 7.06. The van der Waals surface area contributed by atoms with Crippen LogP contribution in [0.15, 0.2) is 30.3 Å². The summed E-state index contributed by atoms with van der Waals surface area (Å²) in [5.41, 5.74) is -8.86. The van der Waals surface area contributed by atoms with Crippen LogP contribution in [0, 0.1) is 5.41 Å². The molecule has 0 saturated heterocycles. The molecule has 0 aromatic heterocycles. The normalized spacial score (nSPS) is 46.6. The molecule has 1 spiro atoms. The lowest BCUT2D eigenvalue weighted by atomic mass is 9.70. The molecule has 6 atom stereocenters. The van der Waals surface area contributed by atoms with Crippen molar-refractivity contribution in [2.24, 2.45) is 5.41 Å². The molecule has 0 unspecified atom stereocenters. The van der Waals surface area contributed by atoms with E-state index in [1.54, 1.807) is 18.2 Å². The summed E-state index contributed by atoms with van der Waals surface area (Å²) in [4.78, 5) is 13.1. The smallest absolute Gasteiger partial charge is 0.200 e. The van der Waals surface area contributed by atoms with Crippen LogP contribution in [0.25, 0.3) is 0 Å². The number of hydrogen-bond donors (Lipinski definition) is 6. The van der Waals surface area contributed by atoms with E-state index in [4.69, 9.17) is 0 Å². The molecule has 0 aliphatic heterocycles. The molecule has 1 aromatic carbocycles. The molecule has 4 rings (SSSR count). The largest absolute Gasteiger partial charge is 0.387 e. The Morgan fingerprint density at radius 2 is 1.46 bits per heavy atom. The average Bonchev–Trinajstić information content (AvgIpc) is 3.10. The van der Waals surface area contributed by atoms with Crippen molar-refractivity contribution < 1.29 is 35.4 Å². The highest BCUT2D eigenvalue weighted by molar-refractivity contribution is 6.05. The second-order valence-electron chi connectivity index (χ2n) is 7.96. The fourth-order valence-electron chi connectivity index (χ4n) is 5.72. The van der Waals surface area contributed by atoms with Crippen LogP contribution < -0.4 is 0 Å². The maximum Gasteiger partial charge on any atom is 0.200 e. The Morgan fingerprint density at radius 3 is 2.04 bits per heavy atom. The molecule has 0 bridgehead atoms. The minimum Gasteiger partial charge on any atom is -0.387 e. The van der Waals surface area contributed by atoms with E-state index in [1.807, 2.05) is 0 Å². The van der Waals surface area contributed by atoms with Crippen LogP contribution in [-0.4, -0.2) is 71.5 Å². The first-order valence-corrected chi connectivity index (χ1v) is 9.01. The lowest BCUT2D eigenvalue weighted by molar-refractivity contribution is -0.249. The first-order valence-electron chi connectivity index (χ1n) is 9.01. The molecule has 3 aliphatic carbocycles. The van der Waals surface area contributed by atoms with E-state index in [2.05, 4.69) is 0 Å². The molecule has 0 radical (unpaired) electrons. The third kappa shape index (κ3) is 1.63. The monoisotopic (exact) mass is 364 g/mol. The van der Waals surface area contributed by atoms with Crippen molar-refractivity contribution in [2.75, 3.05) is 0 Å². The lowest BCUT2D eigenvalue weighted by Gasteiger charge is -2.46. The second kappa shape index (κ2) is 5.34. The van der Waals surface area contributed by atoms with Crippen LogP contribution in [0.5, 0.6) is 0 Å². The van der Waals surface area contributed by atoms with Gasteiger partial charge in [0.25, 0.3) is 0 Å². The van der Waals surface area contributed by atoms with E-state index >= 15 is 0 Å². The van der Waals surface area contributed by atoms with Gasteiger partial charge in [-0.25, -0.2) is 0 Å². The van der Waals surface area contributed by atoms with Gasteiger partial charge in [0.2, 0.25) is 0 Å². The number of aliphatic hydroxyl groups excluding tert-OH is 3. The van der Waals surface area contributed by atoms with E-state index in [0.29, 0.717) is 12.8 Å². The number of aliphatic hydroxyl groups is 6. The van der Waals surface area contributed by atoms with E-state index in [9.17, 15) is 35.4 Å². The van der Waals surface area contributed by atoms with Crippen molar-refractivity contribution in [2.45, 2.75) is 67.2 Å². The molecule has 7 heteroatoms. The molecule has 142 valence electrons. The fraction of sp³-hybridized carbons (Fsp3) is 0.632. The Labute approximate surface area is 150 Å².